The average molecular weight is 479 g/mol. The fraction of sp³-hybridized carbons (Fsp3) is 0.333. The Morgan fingerprint density at radius 1 is 1.09 bits per heavy atom. The van der Waals surface area contributed by atoms with Gasteiger partial charge in [0.05, 0.1) is 22.2 Å². The summed E-state index contributed by atoms with van der Waals surface area (Å²) in [6, 6.07) is 8.97. The number of carbonyl (C=O) groups is 1. The van der Waals surface area contributed by atoms with Crippen LogP contribution in [0.1, 0.15) is 36.9 Å². The number of hydrogen-bond acceptors (Lipinski definition) is 8. The van der Waals surface area contributed by atoms with Crippen LogP contribution in [0.3, 0.4) is 0 Å². The highest BCUT2D eigenvalue weighted by atomic mass is 32.2. The monoisotopic (exact) mass is 478 g/mol. The normalized spacial score (nSPS) is 21.8. The van der Waals surface area contributed by atoms with Crippen LogP contribution in [0.4, 0.5) is 5.95 Å². The Kier molecular flexibility index (Phi) is 6.99. The summed E-state index contributed by atoms with van der Waals surface area (Å²) in [5.74, 6) is 1.21. The number of nitrogens with zero attached hydrogens (tertiary/aromatic N) is 3. The first kappa shape index (κ1) is 22.1. The molecular weight excluding hydrogens is 452 g/mol. The second-order valence-corrected chi connectivity index (χ2v) is 10.0. The van der Waals surface area contributed by atoms with Crippen LogP contribution in [-0.2, 0) is 11.3 Å². The van der Waals surface area contributed by atoms with Crippen molar-refractivity contribution < 1.29 is 4.79 Å². The van der Waals surface area contributed by atoms with E-state index in [0.29, 0.717) is 28.8 Å². The molecule has 2 fully saturated rings. The molecule has 3 aromatic rings. The third-order valence-electron chi connectivity index (χ3n) is 5.97. The standard InChI is InChI=1S/C24H26N6OS2/c31-23-21(33-15-28-23)12-20-7-10-26-24(30-20)29-19-5-3-18(4-6-19)27-13-16-2-1-9-25-22(16)17-8-11-32-14-17/h1-2,7-12,14,18-19,27H,3-6,13,15H2,(H,28,31)(H,26,29,30)/b21-12-/t18-,19-. The largest absolute Gasteiger partial charge is 0.351 e. The number of nitrogens with one attached hydrogen (secondary N) is 3. The van der Waals surface area contributed by atoms with Crippen LogP contribution >= 0.6 is 23.1 Å². The van der Waals surface area contributed by atoms with Crippen molar-refractivity contribution in [2.24, 2.45) is 0 Å². The van der Waals surface area contributed by atoms with Gasteiger partial charge in [-0.05, 0) is 60.9 Å². The van der Waals surface area contributed by atoms with Crippen molar-refractivity contribution in [1.82, 2.24) is 25.6 Å². The molecule has 0 aromatic carbocycles. The van der Waals surface area contributed by atoms with Crippen LogP contribution in [0.25, 0.3) is 17.3 Å². The smallest absolute Gasteiger partial charge is 0.258 e. The van der Waals surface area contributed by atoms with E-state index >= 15 is 0 Å². The summed E-state index contributed by atoms with van der Waals surface area (Å²) < 4.78 is 0. The van der Waals surface area contributed by atoms with E-state index in [0.717, 1.165) is 43.6 Å². The molecule has 1 aliphatic carbocycles. The maximum atomic E-state index is 11.8. The zero-order valence-electron chi connectivity index (χ0n) is 18.2. The topological polar surface area (TPSA) is 91.8 Å². The van der Waals surface area contributed by atoms with Gasteiger partial charge in [-0.2, -0.15) is 11.3 Å². The molecule has 9 heteroatoms. The first-order valence-electron chi connectivity index (χ1n) is 11.2. The zero-order chi connectivity index (χ0) is 22.5. The predicted molar refractivity (Wildman–Crippen MR) is 135 cm³/mol. The summed E-state index contributed by atoms with van der Waals surface area (Å²) in [5.41, 5.74) is 4.25. The van der Waals surface area contributed by atoms with E-state index in [1.807, 2.05) is 24.4 Å². The summed E-state index contributed by atoms with van der Waals surface area (Å²) in [6.07, 6.45) is 9.76. The molecular formula is C24H26N6OS2. The van der Waals surface area contributed by atoms with Gasteiger partial charge in [-0.25, -0.2) is 9.97 Å². The van der Waals surface area contributed by atoms with E-state index in [4.69, 9.17) is 0 Å². The molecule has 33 heavy (non-hydrogen) atoms. The van der Waals surface area contributed by atoms with Gasteiger partial charge >= 0.3 is 0 Å². The van der Waals surface area contributed by atoms with Crippen molar-refractivity contribution in [3.63, 3.8) is 0 Å². The summed E-state index contributed by atoms with van der Waals surface area (Å²) in [5, 5.41) is 14.3. The molecule has 7 nitrogen and oxygen atoms in total. The number of anilines is 1. The van der Waals surface area contributed by atoms with Gasteiger partial charge in [0.2, 0.25) is 5.95 Å². The van der Waals surface area contributed by atoms with Gasteiger partial charge in [-0.3, -0.25) is 9.78 Å². The molecule has 4 heterocycles. The molecule has 0 spiro atoms. The number of thiophene rings is 1. The van der Waals surface area contributed by atoms with Crippen molar-refractivity contribution in [1.29, 1.82) is 0 Å². The molecule has 0 radical (unpaired) electrons. The summed E-state index contributed by atoms with van der Waals surface area (Å²) in [4.78, 5) is 26.0. The second kappa shape index (κ2) is 10.5. The molecule has 5 rings (SSSR count). The predicted octanol–water partition coefficient (Wildman–Crippen LogP) is 4.27. The quantitative estimate of drug-likeness (QED) is 0.437. The molecule has 1 aliphatic heterocycles. The molecule has 1 saturated heterocycles. The lowest BCUT2D eigenvalue weighted by Gasteiger charge is -2.30. The number of hydrogen-bond donors (Lipinski definition) is 3. The lowest BCUT2D eigenvalue weighted by atomic mass is 9.91. The molecule has 0 atom stereocenters. The fourth-order valence-corrected chi connectivity index (χ4v) is 5.62. The molecule has 1 amide bonds. The van der Waals surface area contributed by atoms with Gasteiger partial charge in [0.25, 0.3) is 5.91 Å². The highest BCUT2D eigenvalue weighted by molar-refractivity contribution is 8.04. The van der Waals surface area contributed by atoms with Crippen molar-refractivity contribution in [2.75, 3.05) is 11.2 Å². The maximum Gasteiger partial charge on any atom is 0.258 e. The van der Waals surface area contributed by atoms with Gasteiger partial charge < -0.3 is 16.0 Å². The van der Waals surface area contributed by atoms with Crippen molar-refractivity contribution in [3.05, 3.63) is 63.6 Å². The van der Waals surface area contributed by atoms with Crippen LogP contribution in [0, 0.1) is 0 Å². The highest BCUT2D eigenvalue weighted by Gasteiger charge is 2.22. The van der Waals surface area contributed by atoms with Crippen molar-refractivity contribution in [3.8, 4) is 11.3 Å². The average Bonchev–Trinajstić information content (AvgIpc) is 3.52. The van der Waals surface area contributed by atoms with Gasteiger partial charge in [0, 0.05) is 42.0 Å². The van der Waals surface area contributed by atoms with Gasteiger partial charge in [0.1, 0.15) is 0 Å². The number of thioether (sulfide) groups is 1. The number of rotatable bonds is 7. The molecule has 3 N–H and O–H groups in total. The Hall–Kier alpha value is -2.75. The van der Waals surface area contributed by atoms with E-state index in [1.54, 1.807) is 17.5 Å². The van der Waals surface area contributed by atoms with Crippen molar-refractivity contribution in [2.45, 2.75) is 44.3 Å². The fourth-order valence-electron chi connectivity index (χ4n) is 4.22. The second-order valence-electron chi connectivity index (χ2n) is 8.21. The minimum absolute atomic E-state index is 0.0346. The summed E-state index contributed by atoms with van der Waals surface area (Å²) >= 11 is 3.20. The van der Waals surface area contributed by atoms with Gasteiger partial charge in [-0.1, -0.05) is 17.8 Å². The van der Waals surface area contributed by atoms with Crippen LogP contribution in [0.15, 0.2) is 52.3 Å². The Bertz CT molecular complexity index is 1130. The maximum absolute atomic E-state index is 11.8. The first-order chi connectivity index (χ1) is 16.2. The number of carbonyl (C=O) groups excluding carboxylic acids is 1. The Morgan fingerprint density at radius 2 is 1.97 bits per heavy atom. The molecule has 1 saturated carbocycles. The van der Waals surface area contributed by atoms with Crippen molar-refractivity contribution >= 4 is 41.0 Å². The van der Waals surface area contributed by atoms with Crippen LogP contribution in [0.2, 0.25) is 0 Å². The lowest BCUT2D eigenvalue weighted by Crippen LogP contribution is -2.37. The summed E-state index contributed by atoms with van der Waals surface area (Å²) in [7, 11) is 0. The van der Waals surface area contributed by atoms with Crippen LogP contribution in [-0.4, -0.2) is 38.8 Å². The Balaban J connectivity index is 1.13. The molecule has 0 unspecified atom stereocenters. The van der Waals surface area contributed by atoms with E-state index in [-0.39, 0.29) is 5.91 Å². The first-order valence-corrected chi connectivity index (χ1v) is 13.1. The minimum Gasteiger partial charge on any atom is -0.351 e. The Morgan fingerprint density at radius 3 is 2.76 bits per heavy atom. The third kappa shape index (κ3) is 5.61. The number of pyridine rings is 1. The van der Waals surface area contributed by atoms with Crippen LogP contribution < -0.4 is 16.0 Å². The lowest BCUT2D eigenvalue weighted by molar-refractivity contribution is -0.116. The van der Waals surface area contributed by atoms with E-state index in [9.17, 15) is 4.79 Å². The molecule has 0 bridgehead atoms. The van der Waals surface area contributed by atoms with E-state index in [2.05, 4.69) is 53.8 Å². The minimum atomic E-state index is -0.0346. The third-order valence-corrected chi connectivity index (χ3v) is 7.55. The SMILES string of the molecule is O=C1NCS/C1=C\c1ccnc(N[C@H]2CC[C@H](NCc3cccnc3-c3ccsc3)CC2)n1. The van der Waals surface area contributed by atoms with E-state index < -0.39 is 0 Å². The molecule has 3 aromatic heterocycles. The molecule has 2 aliphatic rings. The summed E-state index contributed by atoms with van der Waals surface area (Å²) in [6.45, 7) is 0.827. The van der Waals surface area contributed by atoms with E-state index in [1.165, 1.54) is 22.9 Å². The van der Waals surface area contributed by atoms with Gasteiger partial charge in [0.15, 0.2) is 0 Å². The Labute approximate surface area is 201 Å². The highest BCUT2D eigenvalue weighted by Crippen LogP contribution is 2.26. The molecule has 170 valence electrons. The number of aromatic nitrogens is 3. The van der Waals surface area contributed by atoms with Crippen LogP contribution in [0.5, 0.6) is 0 Å². The van der Waals surface area contributed by atoms with Gasteiger partial charge in [-0.15, -0.1) is 0 Å². The number of amides is 1. The zero-order valence-corrected chi connectivity index (χ0v) is 19.8.